The third kappa shape index (κ3) is 3.26. The van der Waals surface area contributed by atoms with Crippen molar-refractivity contribution in [1.29, 1.82) is 0 Å². The summed E-state index contributed by atoms with van der Waals surface area (Å²) in [7, 11) is 0. The van der Waals surface area contributed by atoms with Crippen LogP contribution in [0.25, 0.3) is 0 Å². The molecule has 1 aromatic heterocycles. The Morgan fingerprint density at radius 2 is 2.60 bits per heavy atom. The van der Waals surface area contributed by atoms with Crippen LogP contribution in [0.4, 0.5) is 0 Å². The number of nitrogens with zero attached hydrogens (tertiary/aromatic N) is 1. The maximum Gasteiger partial charge on any atom is 0.0798 e. The number of hydrogen-bond acceptors (Lipinski definition) is 4. The van der Waals surface area contributed by atoms with Crippen LogP contribution in [0.2, 0.25) is 0 Å². The maximum atomic E-state index is 4.24. The van der Waals surface area contributed by atoms with Crippen LogP contribution in [0.15, 0.2) is 5.51 Å². The first-order valence-electron chi connectivity index (χ1n) is 5.69. The van der Waals surface area contributed by atoms with E-state index in [0.29, 0.717) is 0 Å². The first-order valence-corrected chi connectivity index (χ1v) is 6.57. The molecule has 0 amide bonds. The number of rotatable bonds is 5. The highest BCUT2D eigenvalue weighted by molar-refractivity contribution is 7.09. The number of hydrogen-bond donors (Lipinski definition) is 2. The molecule has 2 heterocycles. The lowest BCUT2D eigenvalue weighted by atomic mass is 10.1. The molecule has 0 aromatic carbocycles. The summed E-state index contributed by atoms with van der Waals surface area (Å²) in [6.07, 6.45) is 3.94. The van der Waals surface area contributed by atoms with Crippen LogP contribution in [0.3, 0.4) is 0 Å². The van der Waals surface area contributed by atoms with Gasteiger partial charge in [0.05, 0.1) is 11.2 Å². The van der Waals surface area contributed by atoms with Crippen LogP contribution in [0.1, 0.15) is 29.8 Å². The van der Waals surface area contributed by atoms with Gasteiger partial charge in [0.25, 0.3) is 0 Å². The Labute approximate surface area is 95.3 Å². The van der Waals surface area contributed by atoms with E-state index >= 15 is 0 Å². The summed E-state index contributed by atoms with van der Waals surface area (Å²) in [5, 5.41) is 7.00. The van der Waals surface area contributed by atoms with Gasteiger partial charge in [-0.15, -0.1) is 11.3 Å². The van der Waals surface area contributed by atoms with Gasteiger partial charge in [-0.2, -0.15) is 0 Å². The quantitative estimate of drug-likeness (QED) is 0.749. The number of aromatic nitrogens is 1. The van der Waals surface area contributed by atoms with Crippen LogP contribution >= 0.6 is 11.3 Å². The molecule has 0 radical (unpaired) electrons. The van der Waals surface area contributed by atoms with Gasteiger partial charge in [-0.3, -0.25) is 0 Å². The van der Waals surface area contributed by atoms with E-state index in [9.17, 15) is 0 Å². The molecule has 1 saturated heterocycles. The average molecular weight is 225 g/mol. The summed E-state index contributed by atoms with van der Waals surface area (Å²) >= 11 is 1.74. The van der Waals surface area contributed by atoms with Crippen molar-refractivity contribution in [2.45, 2.75) is 38.8 Å². The number of nitrogens with one attached hydrogen (secondary N) is 2. The zero-order valence-electron chi connectivity index (χ0n) is 9.25. The molecule has 0 spiro atoms. The van der Waals surface area contributed by atoms with Gasteiger partial charge >= 0.3 is 0 Å². The molecule has 1 aromatic rings. The summed E-state index contributed by atoms with van der Waals surface area (Å²) in [5.41, 5.74) is 3.09. The van der Waals surface area contributed by atoms with Gasteiger partial charge in [-0.1, -0.05) is 0 Å². The van der Waals surface area contributed by atoms with Gasteiger partial charge in [0.1, 0.15) is 0 Å². The monoisotopic (exact) mass is 225 g/mol. The Bertz CT molecular complexity index is 292. The van der Waals surface area contributed by atoms with E-state index in [1.54, 1.807) is 11.3 Å². The summed E-state index contributed by atoms with van der Waals surface area (Å²) in [6, 6.07) is 0.750. The lowest BCUT2D eigenvalue weighted by Crippen LogP contribution is -2.26. The zero-order valence-corrected chi connectivity index (χ0v) is 10.1. The molecule has 15 heavy (non-hydrogen) atoms. The molecule has 2 N–H and O–H groups in total. The lowest BCUT2D eigenvalue weighted by molar-refractivity contribution is 0.524. The van der Waals surface area contributed by atoms with E-state index in [1.165, 1.54) is 36.4 Å². The van der Waals surface area contributed by atoms with E-state index < -0.39 is 0 Å². The molecule has 0 saturated carbocycles. The molecule has 1 fully saturated rings. The van der Waals surface area contributed by atoms with Gasteiger partial charge in [-0.25, -0.2) is 4.98 Å². The van der Waals surface area contributed by atoms with Crippen LogP contribution in [0.5, 0.6) is 0 Å². The van der Waals surface area contributed by atoms with Gasteiger partial charge in [0.2, 0.25) is 0 Å². The third-order valence-electron chi connectivity index (χ3n) is 2.96. The molecule has 0 aliphatic carbocycles. The first-order chi connectivity index (χ1) is 7.36. The molecule has 0 bridgehead atoms. The Morgan fingerprint density at radius 1 is 1.67 bits per heavy atom. The van der Waals surface area contributed by atoms with Gasteiger partial charge in [0, 0.05) is 17.5 Å². The number of thiazole rings is 1. The van der Waals surface area contributed by atoms with E-state index in [1.807, 2.05) is 5.51 Å². The molecule has 3 nitrogen and oxygen atoms in total. The van der Waals surface area contributed by atoms with Gasteiger partial charge in [-0.05, 0) is 39.3 Å². The Morgan fingerprint density at radius 3 is 3.27 bits per heavy atom. The summed E-state index contributed by atoms with van der Waals surface area (Å²) in [5.74, 6) is 0. The average Bonchev–Trinajstić information content (AvgIpc) is 2.85. The molecule has 1 unspecified atom stereocenters. The molecular formula is C11H19N3S. The van der Waals surface area contributed by atoms with Crippen molar-refractivity contribution in [3.05, 3.63) is 16.1 Å². The smallest absolute Gasteiger partial charge is 0.0798 e. The molecule has 1 atom stereocenters. The van der Waals surface area contributed by atoms with Crippen molar-refractivity contribution < 1.29 is 0 Å². The fraction of sp³-hybridized carbons (Fsp3) is 0.727. The Kier molecular flexibility index (Phi) is 4.11. The lowest BCUT2D eigenvalue weighted by Gasteiger charge is -2.10. The molecule has 1 aliphatic rings. The zero-order chi connectivity index (χ0) is 10.5. The highest BCUT2D eigenvalue weighted by Gasteiger charge is 2.12. The Hall–Kier alpha value is -0.450. The van der Waals surface area contributed by atoms with Crippen LogP contribution < -0.4 is 10.6 Å². The predicted octanol–water partition coefficient (Wildman–Crippen LogP) is 1.68. The normalized spacial score (nSPS) is 21.0. The van der Waals surface area contributed by atoms with E-state index in [4.69, 9.17) is 0 Å². The molecule has 2 rings (SSSR count). The maximum absolute atomic E-state index is 4.24. The number of aryl methyl sites for hydroxylation is 1. The summed E-state index contributed by atoms with van der Waals surface area (Å²) in [6.45, 7) is 5.36. The van der Waals surface area contributed by atoms with Crippen LogP contribution in [-0.4, -0.2) is 24.1 Å². The SMILES string of the molecule is Cc1ncsc1CNCCC1CCCN1. The van der Waals surface area contributed by atoms with Crippen LogP contribution in [-0.2, 0) is 6.54 Å². The second kappa shape index (κ2) is 5.58. The minimum Gasteiger partial charge on any atom is -0.314 e. The van der Waals surface area contributed by atoms with Crippen LogP contribution in [0, 0.1) is 6.92 Å². The highest BCUT2D eigenvalue weighted by Crippen LogP contribution is 2.11. The summed E-state index contributed by atoms with van der Waals surface area (Å²) in [4.78, 5) is 5.61. The van der Waals surface area contributed by atoms with Crippen molar-refractivity contribution in [3.63, 3.8) is 0 Å². The molecule has 84 valence electrons. The molecular weight excluding hydrogens is 206 g/mol. The summed E-state index contributed by atoms with van der Waals surface area (Å²) < 4.78 is 0. The van der Waals surface area contributed by atoms with E-state index in [2.05, 4.69) is 22.5 Å². The highest BCUT2D eigenvalue weighted by atomic mass is 32.1. The van der Waals surface area contributed by atoms with Crippen molar-refractivity contribution in [2.75, 3.05) is 13.1 Å². The van der Waals surface area contributed by atoms with Crippen molar-refractivity contribution in [2.24, 2.45) is 0 Å². The molecule has 4 heteroatoms. The van der Waals surface area contributed by atoms with E-state index in [0.717, 1.165) is 19.1 Å². The first kappa shape index (κ1) is 11.0. The van der Waals surface area contributed by atoms with Crippen molar-refractivity contribution in [3.8, 4) is 0 Å². The van der Waals surface area contributed by atoms with Crippen molar-refractivity contribution in [1.82, 2.24) is 15.6 Å². The predicted molar refractivity (Wildman–Crippen MR) is 64.2 cm³/mol. The third-order valence-corrected chi connectivity index (χ3v) is 3.90. The fourth-order valence-electron chi connectivity index (χ4n) is 1.98. The second-order valence-electron chi connectivity index (χ2n) is 4.12. The largest absolute Gasteiger partial charge is 0.314 e. The van der Waals surface area contributed by atoms with E-state index in [-0.39, 0.29) is 0 Å². The standard InChI is InChI=1S/C11H19N3S/c1-9-11(15-8-14-9)7-12-6-4-10-3-2-5-13-10/h8,10,12-13H,2-7H2,1H3. The van der Waals surface area contributed by atoms with Gasteiger partial charge < -0.3 is 10.6 Å². The minimum atomic E-state index is 0.750. The fourth-order valence-corrected chi connectivity index (χ4v) is 2.72. The topological polar surface area (TPSA) is 37.0 Å². The van der Waals surface area contributed by atoms with Crippen molar-refractivity contribution >= 4 is 11.3 Å². The molecule has 1 aliphatic heterocycles. The minimum absolute atomic E-state index is 0.750. The Balaban J connectivity index is 1.60. The van der Waals surface area contributed by atoms with Gasteiger partial charge in [0.15, 0.2) is 0 Å². The second-order valence-corrected chi connectivity index (χ2v) is 5.06.